The van der Waals surface area contributed by atoms with E-state index in [-0.39, 0.29) is 11.7 Å². The monoisotopic (exact) mass is 469 g/mol. The summed E-state index contributed by atoms with van der Waals surface area (Å²) < 4.78 is 7.31. The first-order valence-corrected chi connectivity index (χ1v) is 11.2. The first-order valence-electron chi connectivity index (χ1n) is 10.5. The molecule has 1 fully saturated rings. The number of hydrogen-bond donors (Lipinski definition) is 0. The zero-order chi connectivity index (χ0) is 22.2. The summed E-state index contributed by atoms with van der Waals surface area (Å²) >= 11 is 12.9. The summed E-state index contributed by atoms with van der Waals surface area (Å²) in [5.41, 5.74) is 2.80. The second kappa shape index (κ2) is 8.65. The molecule has 3 heterocycles. The number of likely N-dealkylation sites (tertiary alicyclic amines) is 1. The van der Waals surface area contributed by atoms with E-state index < -0.39 is 6.23 Å². The summed E-state index contributed by atoms with van der Waals surface area (Å²) in [6.07, 6.45) is 2.35. The SMILES string of the molecule is COC1N=C(c2ccccc2Cl)c2cc(Cl)ccc2-n2nc(C(=O)N3CCCCC3)nc21. The van der Waals surface area contributed by atoms with E-state index in [9.17, 15) is 4.79 Å². The molecule has 1 atom stereocenters. The molecule has 0 radical (unpaired) electrons. The van der Waals surface area contributed by atoms with Crippen molar-refractivity contribution in [3.8, 4) is 5.69 Å². The fraction of sp³-hybridized carbons (Fsp3) is 0.304. The van der Waals surface area contributed by atoms with Crippen molar-refractivity contribution in [3.63, 3.8) is 0 Å². The minimum absolute atomic E-state index is 0.140. The van der Waals surface area contributed by atoms with Crippen molar-refractivity contribution in [2.24, 2.45) is 4.99 Å². The molecule has 0 aliphatic carbocycles. The molecule has 0 N–H and O–H groups in total. The van der Waals surface area contributed by atoms with Crippen LogP contribution in [0.15, 0.2) is 47.5 Å². The predicted octanol–water partition coefficient (Wildman–Crippen LogP) is 4.70. The lowest BCUT2D eigenvalue weighted by Crippen LogP contribution is -2.36. The molecule has 32 heavy (non-hydrogen) atoms. The van der Waals surface area contributed by atoms with Gasteiger partial charge in [0.1, 0.15) is 0 Å². The number of ether oxygens (including phenoxy) is 1. The number of rotatable bonds is 3. The smallest absolute Gasteiger partial charge is 0.293 e. The quantitative estimate of drug-likeness (QED) is 0.557. The van der Waals surface area contributed by atoms with Gasteiger partial charge in [0.15, 0.2) is 5.82 Å². The highest BCUT2D eigenvalue weighted by Gasteiger charge is 2.31. The Morgan fingerprint density at radius 3 is 2.59 bits per heavy atom. The number of fused-ring (bicyclic) bond motifs is 3. The van der Waals surface area contributed by atoms with E-state index in [1.54, 1.807) is 17.9 Å². The molecule has 1 aromatic heterocycles. The maximum absolute atomic E-state index is 13.1. The van der Waals surface area contributed by atoms with Crippen molar-refractivity contribution in [1.82, 2.24) is 19.7 Å². The van der Waals surface area contributed by atoms with E-state index in [0.29, 0.717) is 27.3 Å². The molecule has 1 saturated heterocycles. The van der Waals surface area contributed by atoms with Crippen LogP contribution in [0, 0.1) is 0 Å². The highest BCUT2D eigenvalue weighted by molar-refractivity contribution is 6.36. The first-order chi connectivity index (χ1) is 15.6. The molecule has 1 amide bonds. The summed E-state index contributed by atoms with van der Waals surface area (Å²) in [6.45, 7) is 1.44. The van der Waals surface area contributed by atoms with Gasteiger partial charge in [-0.1, -0.05) is 41.4 Å². The van der Waals surface area contributed by atoms with Crippen LogP contribution >= 0.6 is 23.2 Å². The molecule has 1 unspecified atom stereocenters. The van der Waals surface area contributed by atoms with Crippen LogP contribution in [0.25, 0.3) is 5.69 Å². The minimum atomic E-state index is -0.775. The van der Waals surface area contributed by atoms with Crippen molar-refractivity contribution in [3.05, 3.63) is 75.3 Å². The number of halogens is 2. The largest absolute Gasteiger partial charge is 0.353 e. The highest BCUT2D eigenvalue weighted by atomic mass is 35.5. The predicted molar refractivity (Wildman–Crippen MR) is 123 cm³/mol. The van der Waals surface area contributed by atoms with Crippen molar-refractivity contribution in [2.75, 3.05) is 20.2 Å². The Kier molecular flexibility index (Phi) is 5.71. The number of aromatic nitrogens is 3. The lowest BCUT2D eigenvalue weighted by atomic mass is 10.0. The Hall–Kier alpha value is -2.74. The van der Waals surface area contributed by atoms with Gasteiger partial charge in [0.2, 0.25) is 12.1 Å². The fourth-order valence-electron chi connectivity index (χ4n) is 4.14. The number of carbonyl (C=O) groups is 1. The number of aliphatic imine (C=N–C) groups is 1. The number of piperidine rings is 1. The molecule has 164 valence electrons. The third kappa shape index (κ3) is 3.70. The normalized spacial score (nSPS) is 17.9. The molecule has 2 aliphatic heterocycles. The van der Waals surface area contributed by atoms with Gasteiger partial charge in [0.05, 0.1) is 11.4 Å². The van der Waals surface area contributed by atoms with Crippen molar-refractivity contribution in [2.45, 2.75) is 25.5 Å². The summed E-state index contributed by atoms with van der Waals surface area (Å²) in [4.78, 5) is 24.3. The first kappa shape index (κ1) is 21.1. The second-order valence-corrected chi connectivity index (χ2v) is 8.61. The molecule has 0 saturated carbocycles. The van der Waals surface area contributed by atoms with Gasteiger partial charge in [-0.15, -0.1) is 5.10 Å². The second-order valence-electron chi connectivity index (χ2n) is 7.77. The topological polar surface area (TPSA) is 72.6 Å². The fourth-order valence-corrected chi connectivity index (χ4v) is 4.54. The third-order valence-corrected chi connectivity index (χ3v) is 6.29. The van der Waals surface area contributed by atoms with E-state index in [1.165, 1.54) is 0 Å². The van der Waals surface area contributed by atoms with Gasteiger partial charge in [-0.05, 0) is 43.5 Å². The molecule has 9 heteroatoms. The number of benzene rings is 2. The van der Waals surface area contributed by atoms with E-state index in [4.69, 9.17) is 32.9 Å². The molecule has 7 nitrogen and oxygen atoms in total. The molecule has 0 spiro atoms. The van der Waals surface area contributed by atoms with Gasteiger partial charge in [-0.25, -0.2) is 14.7 Å². The van der Waals surface area contributed by atoms with E-state index in [0.717, 1.165) is 43.5 Å². The summed E-state index contributed by atoms with van der Waals surface area (Å²) in [5.74, 6) is 0.394. The van der Waals surface area contributed by atoms with Crippen LogP contribution in [0.1, 0.15) is 53.1 Å². The Morgan fingerprint density at radius 2 is 1.84 bits per heavy atom. The minimum Gasteiger partial charge on any atom is -0.353 e. The zero-order valence-corrected chi connectivity index (χ0v) is 19.0. The number of nitrogens with zero attached hydrogens (tertiary/aromatic N) is 5. The van der Waals surface area contributed by atoms with Crippen LogP contribution in [0.3, 0.4) is 0 Å². The van der Waals surface area contributed by atoms with Crippen molar-refractivity contribution < 1.29 is 9.53 Å². The number of amides is 1. The van der Waals surface area contributed by atoms with Crippen LogP contribution in [-0.4, -0.2) is 51.5 Å². The molecule has 0 bridgehead atoms. The van der Waals surface area contributed by atoms with Gasteiger partial charge in [-0.3, -0.25) is 4.79 Å². The van der Waals surface area contributed by atoms with Crippen LogP contribution in [0.4, 0.5) is 0 Å². The van der Waals surface area contributed by atoms with E-state index in [2.05, 4.69) is 10.1 Å². The van der Waals surface area contributed by atoms with Gasteiger partial charge in [0.25, 0.3) is 5.91 Å². The third-order valence-electron chi connectivity index (χ3n) is 5.73. The molecule has 3 aromatic rings. The molecular formula is C23H21Cl2N5O2. The van der Waals surface area contributed by atoms with Crippen LogP contribution in [-0.2, 0) is 4.74 Å². The summed E-state index contributed by atoms with van der Waals surface area (Å²) in [6, 6.07) is 12.9. The summed E-state index contributed by atoms with van der Waals surface area (Å²) in [7, 11) is 1.55. The Labute approximate surface area is 195 Å². The highest BCUT2D eigenvalue weighted by Crippen LogP contribution is 2.33. The van der Waals surface area contributed by atoms with Gasteiger partial charge in [0, 0.05) is 41.4 Å². The van der Waals surface area contributed by atoms with Crippen LogP contribution < -0.4 is 0 Å². The van der Waals surface area contributed by atoms with Gasteiger partial charge in [-0.2, -0.15) is 0 Å². The number of methoxy groups -OCH3 is 1. The molecule has 2 aromatic carbocycles. The van der Waals surface area contributed by atoms with Crippen LogP contribution in [0.2, 0.25) is 10.0 Å². The maximum atomic E-state index is 13.1. The average molecular weight is 470 g/mol. The lowest BCUT2D eigenvalue weighted by Gasteiger charge is -2.25. The van der Waals surface area contributed by atoms with E-state index >= 15 is 0 Å². The van der Waals surface area contributed by atoms with Crippen molar-refractivity contribution >= 4 is 34.8 Å². The zero-order valence-electron chi connectivity index (χ0n) is 17.5. The molecule has 5 rings (SSSR count). The Bertz CT molecular complexity index is 1220. The van der Waals surface area contributed by atoms with Gasteiger partial charge < -0.3 is 9.64 Å². The Morgan fingerprint density at radius 1 is 1.06 bits per heavy atom. The number of carbonyl (C=O) groups excluding carboxylic acids is 1. The standard InChI is InChI=1S/C23H21Cl2N5O2/c1-32-22-21-27-20(23(31)29-11-5-2-6-12-29)28-30(21)18-10-9-14(24)13-16(18)19(26-22)15-7-3-4-8-17(15)25/h3-4,7-10,13,22H,2,5-6,11-12H2,1H3. The molecule has 2 aliphatic rings. The van der Waals surface area contributed by atoms with Crippen molar-refractivity contribution in [1.29, 1.82) is 0 Å². The lowest BCUT2D eigenvalue weighted by molar-refractivity contribution is 0.0711. The Balaban J connectivity index is 1.67. The number of hydrogen-bond acceptors (Lipinski definition) is 5. The van der Waals surface area contributed by atoms with E-state index in [1.807, 2.05) is 41.3 Å². The maximum Gasteiger partial charge on any atom is 0.293 e. The van der Waals surface area contributed by atoms with Crippen LogP contribution in [0.5, 0.6) is 0 Å². The molecular weight excluding hydrogens is 449 g/mol. The van der Waals surface area contributed by atoms with Gasteiger partial charge >= 0.3 is 0 Å². The average Bonchev–Trinajstić information content (AvgIpc) is 3.21. The summed E-state index contributed by atoms with van der Waals surface area (Å²) in [5, 5.41) is 5.69.